The van der Waals surface area contributed by atoms with Crippen molar-refractivity contribution in [1.29, 1.82) is 0 Å². The molecular weight excluding hydrogens is 263 g/mol. The maximum atomic E-state index is 10.5. The lowest BCUT2D eigenvalue weighted by atomic mass is 9.91. The van der Waals surface area contributed by atoms with E-state index in [1.807, 2.05) is 0 Å². The summed E-state index contributed by atoms with van der Waals surface area (Å²) in [5.41, 5.74) is 0. The summed E-state index contributed by atoms with van der Waals surface area (Å²) in [5.74, 6) is 0.836. The van der Waals surface area contributed by atoms with Crippen molar-refractivity contribution >= 4 is 7.82 Å². The molecule has 0 aromatic rings. The molecule has 0 saturated carbocycles. The summed E-state index contributed by atoms with van der Waals surface area (Å²) in [4.78, 5) is 17.1. The summed E-state index contributed by atoms with van der Waals surface area (Å²) in [6.45, 7) is 4.63. The quantitative estimate of drug-likeness (QED) is 0.383. The van der Waals surface area contributed by atoms with E-state index in [4.69, 9.17) is 9.79 Å². The van der Waals surface area contributed by atoms with E-state index in [9.17, 15) is 4.57 Å². The Morgan fingerprint density at radius 2 is 1.42 bits per heavy atom. The van der Waals surface area contributed by atoms with E-state index in [-0.39, 0.29) is 6.61 Å². The van der Waals surface area contributed by atoms with Gasteiger partial charge in [0.25, 0.3) is 0 Å². The molecule has 0 aromatic heterocycles. The first-order valence-corrected chi connectivity index (χ1v) is 9.22. The molecule has 0 fully saturated rings. The van der Waals surface area contributed by atoms with Crippen molar-refractivity contribution in [3.8, 4) is 0 Å². The first-order valence-electron chi connectivity index (χ1n) is 7.69. The van der Waals surface area contributed by atoms with Crippen molar-refractivity contribution in [3.05, 3.63) is 0 Å². The van der Waals surface area contributed by atoms with Gasteiger partial charge in [-0.1, -0.05) is 71.6 Å². The van der Waals surface area contributed by atoms with E-state index in [1.54, 1.807) is 0 Å². The smallest absolute Gasteiger partial charge is 0.303 e. The Balaban J connectivity index is 3.59. The van der Waals surface area contributed by atoms with Crippen LogP contribution >= 0.6 is 7.82 Å². The summed E-state index contributed by atoms with van der Waals surface area (Å²) >= 11 is 0. The van der Waals surface area contributed by atoms with Crippen molar-refractivity contribution in [2.75, 3.05) is 6.61 Å². The first-order chi connectivity index (χ1) is 8.99. The zero-order chi connectivity index (χ0) is 14.6. The van der Waals surface area contributed by atoms with Crippen molar-refractivity contribution in [2.45, 2.75) is 78.1 Å². The number of unbranched alkanes of at least 4 members (excludes halogenated alkanes) is 4. The highest BCUT2D eigenvalue weighted by Gasteiger charge is 2.12. The Kier molecular flexibility index (Phi) is 12.0. The van der Waals surface area contributed by atoms with Crippen molar-refractivity contribution in [2.24, 2.45) is 5.92 Å². The standard InChI is InChI=1S/C14H31O4P/c1-3-5-10-14(11-6-4-2)12-8-7-9-13-18-19(15,16)17/h14H,3-13H2,1-2H3,(H2,15,16,17). The molecule has 5 heteroatoms. The minimum Gasteiger partial charge on any atom is -0.303 e. The predicted octanol–water partition coefficient (Wildman–Crippen LogP) is 4.65. The molecule has 0 aliphatic rings. The Hall–Kier alpha value is 0.110. The van der Waals surface area contributed by atoms with E-state index in [0.29, 0.717) is 0 Å². The third-order valence-electron chi connectivity index (χ3n) is 3.45. The van der Waals surface area contributed by atoms with Gasteiger partial charge >= 0.3 is 7.82 Å². The maximum Gasteiger partial charge on any atom is 0.469 e. The monoisotopic (exact) mass is 294 g/mol. The van der Waals surface area contributed by atoms with Crippen LogP contribution < -0.4 is 0 Å². The van der Waals surface area contributed by atoms with Gasteiger partial charge in [-0.05, 0) is 12.3 Å². The zero-order valence-corrected chi connectivity index (χ0v) is 13.4. The zero-order valence-electron chi connectivity index (χ0n) is 12.5. The minimum absolute atomic E-state index is 0.166. The highest BCUT2D eigenvalue weighted by Crippen LogP contribution is 2.35. The van der Waals surface area contributed by atoms with Crippen LogP contribution in [-0.2, 0) is 9.09 Å². The summed E-state index contributed by atoms with van der Waals surface area (Å²) in [7, 11) is -4.26. The normalized spacial score (nSPS) is 12.3. The second-order valence-electron chi connectivity index (χ2n) is 5.32. The van der Waals surface area contributed by atoms with E-state index in [2.05, 4.69) is 18.4 Å². The lowest BCUT2D eigenvalue weighted by molar-refractivity contribution is 0.192. The van der Waals surface area contributed by atoms with Gasteiger partial charge in [0, 0.05) is 0 Å². The topological polar surface area (TPSA) is 66.8 Å². The van der Waals surface area contributed by atoms with Crippen LogP contribution in [0.3, 0.4) is 0 Å². The highest BCUT2D eigenvalue weighted by molar-refractivity contribution is 7.46. The van der Waals surface area contributed by atoms with Crippen LogP contribution in [0.15, 0.2) is 0 Å². The van der Waals surface area contributed by atoms with Gasteiger partial charge in [-0.3, -0.25) is 4.52 Å². The van der Waals surface area contributed by atoms with Crippen molar-refractivity contribution in [3.63, 3.8) is 0 Å². The van der Waals surface area contributed by atoms with Gasteiger partial charge < -0.3 is 9.79 Å². The number of phosphoric ester groups is 1. The maximum absolute atomic E-state index is 10.5. The fraction of sp³-hybridized carbons (Fsp3) is 1.00. The van der Waals surface area contributed by atoms with Gasteiger partial charge in [-0.2, -0.15) is 0 Å². The number of rotatable bonds is 13. The third-order valence-corrected chi connectivity index (χ3v) is 3.97. The summed E-state index contributed by atoms with van der Waals surface area (Å²) in [5, 5.41) is 0. The molecule has 0 atom stereocenters. The largest absolute Gasteiger partial charge is 0.469 e. The number of phosphoric acid groups is 1. The van der Waals surface area contributed by atoms with Crippen LogP contribution in [0, 0.1) is 5.92 Å². The predicted molar refractivity (Wildman–Crippen MR) is 79.0 cm³/mol. The Morgan fingerprint density at radius 1 is 0.895 bits per heavy atom. The van der Waals surface area contributed by atoms with Crippen molar-refractivity contribution in [1.82, 2.24) is 0 Å². The van der Waals surface area contributed by atoms with Gasteiger partial charge in [-0.25, -0.2) is 4.57 Å². The van der Waals surface area contributed by atoms with Crippen LogP contribution in [0.1, 0.15) is 78.1 Å². The molecule has 0 unspecified atom stereocenters. The lowest BCUT2D eigenvalue weighted by Crippen LogP contribution is -2.01. The number of hydrogen-bond donors (Lipinski definition) is 2. The van der Waals surface area contributed by atoms with Gasteiger partial charge in [0.05, 0.1) is 6.61 Å². The Bertz CT molecular complexity index is 232. The SMILES string of the molecule is CCCCC(CCCC)CCCCCOP(=O)(O)O. The summed E-state index contributed by atoms with van der Waals surface area (Å²) in [6.07, 6.45) is 11.9. The molecule has 0 aliphatic heterocycles. The molecule has 0 bridgehead atoms. The first kappa shape index (κ1) is 19.1. The Labute approximate surface area is 118 Å². The molecule has 0 saturated heterocycles. The molecule has 2 N–H and O–H groups in total. The summed E-state index contributed by atoms with van der Waals surface area (Å²) in [6, 6.07) is 0. The van der Waals surface area contributed by atoms with E-state index < -0.39 is 7.82 Å². The minimum atomic E-state index is -4.26. The second-order valence-corrected chi connectivity index (χ2v) is 6.56. The Morgan fingerprint density at radius 3 is 1.89 bits per heavy atom. The molecule has 19 heavy (non-hydrogen) atoms. The van der Waals surface area contributed by atoms with Gasteiger partial charge in [0.1, 0.15) is 0 Å². The molecule has 4 nitrogen and oxygen atoms in total. The fourth-order valence-electron chi connectivity index (χ4n) is 2.31. The molecule has 0 heterocycles. The van der Waals surface area contributed by atoms with Gasteiger partial charge in [0.2, 0.25) is 0 Å². The van der Waals surface area contributed by atoms with Crippen LogP contribution in [0.25, 0.3) is 0 Å². The van der Waals surface area contributed by atoms with Crippen LogP contribution in [0.4, 0.5) is 0 Å². The molecule has 116 valence electrons. The average Bonchev–Trinajstić information content (AvgIpc) is 2.34. The van der Waals surface area contributed by atoms with E-state index >= 15 is 0 Å². The highest BCUT2D eigenvalue weighted by atomic mass is 31.2. The van der Waals surface area contributed by atoms with E-state index in [0.717, 1.165) is 25.2 Å². The second kappa shape index (κ2) is 11.9. The fourth-order valence-corrected chi connectivity index (χ4v) is 2.68. The molecule has 0 spiro atoms. The molecule has 0 radical (unpaired) electrons. The average molecular weight is 294 g/mol. The molecule has 0 aliphatic carbocycles. The number of hydrogen-bond acceptors (Lipinski definition) is 2. The van der Waals surface area contributed by atoms with E-state index in [1.165, 1.54) is 44.9 Å². The van der Waals surface area contributed by atoms with Gasteiger partial charge in [-0.15, -0.1) is 0 Å². The molecular formula is C14H31O4P. The van der Waals surface area contributed by atoms with Crippen LogP contribution in [-0.4, -0.2) is 16.4 Å². The van der Waals surface area contributed by atoms with Crippen LogP contribution in [0.2, 0.25) is 0 Å². The molecule has 0 aromatic carbocycles. The van der Waals surface area contributed by atoms with Crippen molar-refractivity contribution < 1.29 is 18.9 Å². The van der Waals surface area contributed by atoms with Gasteiger partial charge in [0.15, 0.2) is 0 Å². The lowest BCUT2D eigenvalue weighted by Gasteiger charge is -2.16. The summed E-state index contributed by atoms with van der Waals surface area (Å²) < 4.78 is 14.9. The molecule has 0 rings (SSSR count). The third kappa shape index (κ3) is 14.3. The van der Waals surface area contributed by atoms with Crippen LogP contribution in [0.5, 0.6) is 0 Å². The molecule has 0 amide bonds.